The fraction of sp³-hybridized carbons (Fsp3) is 0.909. The van der Waals surface area contributed by atoms with Gasteiger partial charge in [-0.3, -0.25) is 4.79 Å². The van der Waals surface area contributed by atoms with E-state index >= 15 is 0 Å². The zero-order chi connectivity index (χ0) is 12.0. The summed E-state index contributed by atoms with van der Waals surface area (Å²) in [7, 11) is -2.90. The van der Waals surface area contributed by atoms with Crippen LogP contribution in [0.3, 0.4) is 0 Å². The largest absolute Gasteiger partial charge is 0.298 e. The number of sulfone groups is 1. The van der Waals surface area contributed by atoms with Crippen LogP contribution in [0.4, 0.5) is 0 Å². The van der Waals surface area contributed by atoms with E-state index in [1.807, 2.05) is 0 Å². The first kappa shape index (κ1) is 14.0. The van der Waals surface area contributed by atoms with Crippen molar-refractivity contribution in [1.82, 2.24) is 0 Å². The lowest BCUT2D eigenvalue weighted by atomic mass is 10.1. The van der Waals surface area contributed by atoms with E-state index in [1.165, 1.54) is 6.42 Å². The predicted molar refractivity (Wildman–Crippen MR) is 68.7 cm³/mol. The van der Waals surface area contributed by atoms with Crippen molar-refractivity contribution in [1.29, 1.82) is 0 Å². The third-order valence-electron chi connectivity index (χ3n) is 2.86. The first-order valence-electron chi connectivity index (χ1n) is 5.90. The standard InChI is InChI=1S/C11H20O3S2/c1-2-16(13,14)9-5-6-10(12)11-7-3-4-8-15-11/h11H,2-9H2,1H3. The number of Topliss-reactive ketones (excluding diaryl/α,β-unsaturated/α-hetero) is 1. The maximum Gasteiger partial charge on any atom is 0.150 e. The summed E-state index contributed by atoms with van der Waals surface area (Å²) in [6, 6.07) is 0. The molecule has 1 aliphatic heterocycles. The number of hydrogen-bond donors (Lipinski definition) is 0. The molecule has 0 bridgehead atoms. The van der Waals surface area contributed by atoms with Crippen molar-refractivity contribution < 1.29 is 13.2 Å². The summed E-state index contributed by atoms with van der Waals surface area (Å²) in [6.45, 7) is 1.65. The van der Waals surface area contributed by atoms with Gasteiger partial charge in [0, 0.05) is 12.2 Å². The fourth-order valence-electron chi connectivity index (χ4n) is 1.77. The molecule has 5 heteroatoms. The maximum atomic E-state index is 11.8. The molecular weight excluding hydrogens is 244 g/mol. The Hall–Kier alpha value is -0.0300. The highest BCUT2D eigenvalue weighted by Crippen LogP contribution is 2.26. The van der Waals surface area contributed by atoms with E-state index in [9.17, 15) is 13.2 Å². The lowest BCUT2D eigenvalue weighted by Gasteiger charge is -2.19. The second-order valence-electron chi connectivity index (χ2n) is 4.16. The molecule has 1 rings (SSSR count). The Bertz CT molecular complexity index is 316. The zero-order valence-corrected chi connectivity index (χ0v) is 11.4. The molecule has 1 aliphatic rings. The van der Waals surface area contributed by atoms with Crippen LogP contribution < -0.4 is 0 Å². The lowest BCUT2D eigenvalue weighted by molar-refractivity contribution is -0.118. The van der Waals surface area contributed by atoms with Gasteiger partial charge in [-0.1, -0.05) is 13.3 Å². The molecule has 0 aromatic rings. The molecule has 1 atom stereocenters. The molecule has 0 amide bonds. The van der Waals surface area contributed by atoms with Crippen LogP contribution >= 0.6 is 11.8 Å². The second-order valence-corrected chi connectivity index (χ2v) is 7.94. The van der Waals surface area contributed by atoms with Gasteiger partial charge >= 0.3 is 0 Å². The Labute approximate surface area is 102 Å². The van der Waals surface area contributed by atoms with Gasteiger partial charge in [0.2, 0.25) is 0 Å². The Balaban J connectivity index is 2.24. The van der Waals surface area contributed by atoms with Gasteiger partial charge in [-0.05, 0) is 25.0 Å². The topological polar surface area (TPSA) is 51.2 Å². The van der Waals surface area contributed by atoms with Gasteiger partial charge in [0.05, 0.1) is 11.0 Å². The van der Waals surface area contributed by atoms with Crippen molar-refractivity contribution in [3.8, 4) is 0 Å². The van der Waals surface area contributed by atoms with Crippen molar-refractivity contribution in [2.45, 2.75) is 44.3 Å². The maximum absolute atomic E-state index is 11.8. The number of ketones is 1. The van der Waals surface area contributed by atoms with Crippen LogP contribution in [0.5, 0.6) is 0 Å². The third-order valence-corrected chi connectivity index (χ3v) is 6.07. The number of rotatable bonds is 6. The Morgan fingerprint density at radius 1 is 1.38 bits per heavy atom. The van der Waals surface area contributed by atoms with E-state index in [0.29, 0.717) is 12.8 Å². The number of carbonyl (C=O) groups is 1. The highest BCUT2D eigenvalue weighted by atomic mass is 32.2. The Morgan fingerprint density at radius 2 is 2.12 bits per heavy atom. The van der Waals surface area contributed by atoms with E-state index in [1.54, 1.807) is 18.7 Å². The molecule has 16 heavy (non-hydrogen) atoms. The van der Waals surface area contributed by atoms with Crippen molar-refractivity contribution in [3.05, 3.63) is 0 Å². The second kappa shape index (κ2) is 6.64. The van der Waals surface area contributed by atoms with Crippen molar-refractivity contribution in [3.63, 3.8) is 0 Å². The highest BCUT2D eigenvalue weighted by molar-refractivity contribution is 8.00. The molecule has 0 aromatic heterocycles. The van der Waals surface area contributed by atoms with Crippen LogP contribution in [0.1, 0.15) is 39.0 Å². The van der Waals surface area contributed by atoms with Gasteiger partial charge in [0.1, 0.15) is 15.6 Å². The van der Waals surface area contributed by atoms with Gasteiger partial charge in [0.15, 0.2) is 0 Å². The van der Waals surface area contributed by atoms with Crippen LogP contribution in [-0.2, 0) is 14.6 Å². The highest BCUT2D eigenvalue weighted by Gasteiger charge is 2.21. The van der Waals surface area contributed by atoms with E-state index in [2.05, 4.69) is 0 Å². The van der Waals surface area contributed by atoms with Crippen LogP contribution in [0.2, 0.25) is 0 Å². The lowest BCUT2D eigenvalue weighted by Crippen LogP contribution is -2.21. The molecule has 1 unspecified atom stereocenters. The molecule has 0 spiro atoms. The van der Waals surface area contributed by atoms with E-state index in [-0.39, 0.29) is 22.5 Å². The van der Waals surface area contributed by atoms with Gasteiger partial charge in [-0.2, -0.15) is 11.8 Å². The molecule has 0 radical (unpaired) electrons. The third kappa shape index (κ3) is 4.87. The number of carbonyl (C=O) groups excluding carboxylic acids is 1. The monoisotopic (exact) mass is 264 g/mol. The van der Waals surface area contributed by atoms with Crippen molar-refractivity contribution >= 4 is 27.4 Å². The Kier molecular flexibility index (Phi) is 5.83. The van der Waals surface area contributed by atoms with E-state index in [4.69, 9.17) is 0 Å². The predicted octanol–water partition coefficient (Wildman–Crippen LogP) is 2.06. The van der Waals surface area contributed by atoms with Gasteiger partial charge < -0.3 is 0 Å². The van der Waals surface area contributed by atoms with Crippen LogP contribution in [0.15, 0.2) is 0 Å². The normalized spacial score (nSPS) is 21.9. The average molecular weight is 264 g/mol. The van der Waals surface area contributed by atoms with Crippen LogP contribution in [0.25, 0.3) is 0 Å². The minimum Gasteiger partial charge on any atom is -0.298 e. The minimum atomic E-state index is -2.90. The molecule has 1 heterocycles. The molecule has 3 nitrogen and oxygen atoms in total. The molecule has 0 aliphatic carbocycles. The summed E-state index contributed by atoms with van der Waals surface area (Å²) in [5.41, 5.74) is 0. The number of thioether (sulfide) groups is 1. The summed E-state index contributed by atoms with van der Waals surface area (Å²) in [5, 5.41) is 0.137. The smallest absolute Gasteiger partial charge is 0.150 e. The van der Waals surface area contributed by atoms with E-state index in [0.717, 1.165) is 18.6 Å². The minimum absolute atomic E-state index is 0.137. The summed E-state index contributed by atoms with van der Waals surface area (Å²) < 4.78 is 22.5. The molecule has 94 valence electrons. The zero-order valence-electron chi connectivity index (χ0n) is 9.78. The summed E-state index contributed by atoms with van der Waals surface area (Å²) in [6.07, 6.45) is 4.24. The van der Waals surface area contributed by atoms with Crippen LogP contribution in [0, 0.1) is 0 Å². The molecule has 0 saturated carbocycles. The SMILES string of the molecule is CCS(=O)(=O)CCCC(=O)C1CCCCS1. The first-order chi connectivity index (χ1) is 7.55. The number of hydrogen-bond acceptors (Lipinski definition) is 4. The summed E-state index contributed by atoms with van der Waals surface area (Å²) in [5.74, 6) is 1.66. The molecule has 0 aromatic carbocycles. The Morgan fingerprint density at radius 3 is 2.69 bits per heavy atom. The quantitative estimate of drug-likeness (QED) is 0.737. The summed E-state index contributed by atoms with van der Waals surface area (Å²) >= 11 is 1.74. The van der Waals surface area contributed by atoms with Crippen LogP contribution in [-0.4, -0.2) is 36.7 Å². The summed E-state index contributed by atoms with van der Waals surface area (Å²) in [4.78, 5) is 11.8. The molecule has 0 N–H and O–H groups in total. The first-order valence-corrected chi connectivity index (χ1v) is 8.77. The molecule has 1 saturated heterocycles. The molecular formula is C11H20O3S2. The van der Waals surface area contributed by atoms with Gasteiger partial charge in [0.25, 0.3) is 0 Å². The molecule has 1 fully saturated rings. The van der Waals surface area contributed by atoms with Crippen molar-refractivity contribution in [2.75, 3.05) is 17.3 Å². The fourth-order valence-corrected chi connectivity index (χ4v) is 3.93. The van der Waals surface area contributed by atoms with Gasteiger partial charge in [-0.25, -0.2) is 8.42 Å². The van der Waals surface area contributed by atoms with Gasteiger partial charge in [-0.15, -0.1) is 0 Å². The van der Waals surface area contributed by atoms with E-state index < -0.39 is 9.84 Å². The van der Waals surface area contributed by atoms with Crippen molar-refractivity contribution in [2.24, 2.45) is 0 Å². The average Bonchev–Trinajstić information content (AvgIpc) is 2.30.